The first-order valence-electron chi connectivity index (χ1n) is 7.62. The summed E-state index contributed by atoms with van der Waals surface area (Å²) in [4.78, 5) is 14.5. The molecule has 2 unspecified atom stereocenters. The van der Waals surface area contributed by atoms with E-state index in [0.29, 0.717) is 12.5 Å². The highest BCUT2D eigenvalue weighted by atomic mass is 16.1. The first kappa shape index (κ1) is 13.6. The van der Waals surface area contributed by atoms with Crippen LogP contribution < -0.4 is 10.6 Å². The predicted molar refractivity (Wildman–Crippen MR) is 80.6 cm³/mol. The van der Waals surface area contributed by atoms with Crippen LogP contribution in [0.15, 0.2) is 30.3 Å². The first-order chi connectivity index (χ1) is 9.83. The van der Waals surface area contributed by atoms with Gasteiger partial charge in [0.2, 0.25) is 5.91 Å². The molecule has 4 nitrogen and oxygen atoms in total. The average Bonchev–Trinajstić information content (AvgIpc) is 2.95. The van der Waals surface area contributed by atoms with Crippen molar-refractivity contribution in [2.45, 2.75) is 25.3 Å². The highest BCUT2D eigenvalue weighted by Crippen LogP contribution is 2.26. The number of amides is 1. The molecule has 20 heavy (non-hydrogen) atoms. The molecule has 4 heteroatoms. The summed E-state index contributed by atoms with van der Waals surface area (Å²) < 4.78 is 0. The lowest BCUT2D eigenvalue weighted by atomic mass is 9.92. The first-order valence-corrected chi connectivity index (χ1v) is 7.62. The summed E-state index contributed by atoms with van der Waals surface area (Å²) in [5.41, 5.74) is 0.886. The van der Waals surface area contributed by atoms with Crippen LogP contribution in [0.5, 0.6) is 0 Å². The Hall–Kier alpha value is -1.39. The molecule has 2 aliphatic heterocycles. The van der Waals surface area contributed by atoms with Gasteiger partial charge in [0.15, 0.2) is 0 Å². The summed E-state index contributed by atoms with van der Waals surface area (Å²) in [6, 6.07) is 10.3. The number of piperidine rings is 1. The average molecular weight is 273 g/mol. The molecule has 2 N–H and O–H groups in total. The van der Waals surface area contributed by atoms with Crippen LogP contribution in [0.25, 0.3) is 0 Å². The van der Waals surface area contributed by atoms with Crippen molar-refractivity contribution < 1.29 is 4.79 Å². The Morgan fingerprint density at radius 2 is 2.15 bits per heavy atom. The lowest BCUT2D eigenvalue weighted by molar-refractivity contribution is -0.116. The summed E-state index contributed by atoms with van der Waals surface area (Å²) in [6.07, 6.45) is 3.19. The van der Waals surface area contributed by atoms with Crippen LogP contribution in [-0.4, -0.2) is 43.0 Å². The Balaban J connectivity index is 1.48. The van der Waals surface area contributed by atoms with Gasteiger partial charge in [-0.05, 0) is 44.0 Å². The summed E-state index contributed by atoms with van der Waals surface area (Å²) >= 11 is 0. The van der Waals surface area contributed by atoms with Gasteiger partial charge in [-0.1, -0.05) is 18.2 Å². The van der Waals surface area contributed by atoms with E-state index in [-0.39, 0.29) is 5.91 Å². The Morgan fingerprint density at radius 1 is 1.30 bits per heavy atom. The lowest BCUT2D eigenvalue weighted by Gasteiger charge is -2.36. The Morgan fingerprint density at radius 3 is 3.00 bits per heavy atom. The quantitative estimate of drug-likeness (QED) is 0.877. The SMILES string of the molecule is O=C(CCN1CCCC2CNCC21)Nc1ccccc1. The fraction of sp³-hybridized carbons (Fsp3) is 0.562. The van der Waals surface area contributed by atoms with Gasteiger partial charge in [0, 0.05) is 31.2 Å². The number of hydrogen-bond acceptors (Lipinski definition) is 3. The molecule has 1 aromatic rings. The standard InChI is InChI=1S/C16H23N3O/c20-16(18-14-6-2-1-3-7-14)8-10-19-9-4-5-13-11-17-12-15(13)19/h1-3,6-7,13,15,17H,4-5,8-12H2,(H,18,20). The van der Waals surface area contributed by atoms with Crippen LogP contribution >= 0.6 is 0 Å². The normalized spacial score (nSPS) is 26.2. The van der Waals surface area contributed by atoms with Crippen molar-refractivity contribution >= 4 is 11.6 Å². The third-order valence-electron chi connectivity index (χ3n) is 4.48. The Kier molecular flexibility index (Phi) is 4.33. The van der Waals surface area contributed by atoms with Crippen LogP contribution in [0.3, 0.4) is 0 Å². The molecular formula is C16H23N3O. The van der Waals surface area contributed by atoms with Gasteiger partial charge in [-0.2, -0.15) is 0 Å². The molecule has 0 bridgehead atoms. The molecule has 1 amide bonds. The fourth-order valence-electron chi connectivity index (χ4n) is 3.43. The van der Waals surface area contributed by atoms with E-state index >= 15 is 0 Å². The zero-order valence-electron chi connectivity index (χ0n) is 11.8. The molecule has 3 rings (SSSR count). The van der Waals surface area contributed by atoms with E-state index in [2.05, 4.69) is 15.5 Å². The van der Waals surface area contributed by atoms with Gasteiger partial charge in [0.25, 0.3) is 0 Å². The molecule has 0 spiro atoms. The van der Waals surface area contributed by atoms with Gasteiger partial charge in [-0.15, -0.1) is 0 Å². The number of benzene rings is 1. The second-order valence-corrected chi connectivity index (χ2v) is 5.83. The number of likely N-dealkylation sites (tertiary alicyclic amines) is 1. The van der Waals surface area contributed by atoms with E-state index in [1.54, 1.807) is 0 Å². The Labute approximate surface area is 120 Å². The topological polar surface area (TPSA) is 44.4 Å². The summed E-state index contributed by atoms with van der Waals surface area (Å²) in [7, 11) is 0. The van der Waals surface area contributed by atoms with Crippen molar-refractivity contribution in [1.82, 2.24) is 10.2 Å². The van der Waals surface area contributed by atoms with Gasteiger partial charge in [0.05, 0.1) is 0 Å². The number of carbonyl (C=O) groups excluding carboxylic acids is 1. The van der Waals surface area contributed by atoms with Gasteiger partial charge < -0.3 is 10.6 Å². The maximum Gasteiger partial charge on any atom is 0.225 e. The molecule has 2 atom stereocenters. The van der Waals surface area contributed by atoms with Crippen molar-refractivity contribution in [2.24, 2.45) is 5.92 Å². The number of anilines is 1. The molecular weight excluding hydrogens is 250 g/mol. The number of nitrogens with zero attached hydrogens (tertiary/aromatic N) is 1. The molecule has 2 saturated heterocycles. The van der Waals surface area contributed by atoms with E-state index in [4.69, 9.17) is 0 Å². The van der Waals surface area contributed by atoms with Crippen molar-refractivity contribution in [3.63, 3.8) is 0 Å². The van der Waals surface area contributed by atoms with E-state index in [1.165, 1.54) is 12.8 Å². The van der Waals surface area contributed by atoms with Crippen molar-refractivity contribution in [3.8, 4) is 0 Å². The zero-order valence-corrected chi connectivity index (χ0v) is 11.8. The zero-order chi connectivity index (χ0) is 13.8. The van der Waals surface area contributed by atoms with Crippen LogP contribution in [0.2, 0.25) is 0 Å². The summed E-state index contributed by atoms with van der Waals surface area (Å²) in [6.45, 7) is 4.26. The number of carbonyl (C=O) groups is 1. The van der Waals surface area contributed by atoms with Crippen LogP contribution in [0.1, 0.15) is 19.3 Å². The molecule has 0 radical (unpaired) electrons. The third-order valence-corrected chi connectivity index (χ3v) is 4.48. The fourth-order valence-corrected chi connectivity index (χ4v) is 3.43. The molecule has 0 aliphatic carbocycles. The second kappa shape index (κ2) is 6.37. The molecule has 2 heterocycles. The number of rotatable bonds is 4. The smallest absolute Gasteiger partial charge is 0.225 e. The van der Waals surface area contributed by atoms with Gasteiger partial charge in [-0.3, -0.25) is 9.69 Å². The highest BCUT2D eigenvalue weighted by molar-refractivity contribution is 5.90. The largest absolute Gasteiger partial charge is 0.326 e. The number of fused-ring (bicyclic) bond motifs is 1. The van der Waals surface area contributed by atoms with Gasteiger partial charge in [-0.25, -0.2) is 0 Å². The van der Waals surface area contributed by atoms with E-state index < -0.39 is 0 Å². The maximum atomic E-state index is 12.0. The molecule has 2 fully saturated rings. The van der Waals surface area contributed by atoms with E-state index in [9.17, 15) is 4.79 Å². The van der Waals surface area contributed by atoms with Crippen molar-refractivity contribution in [1.29, 1.82) is 0 Å². The predicted octanol–water partition coefficient (Wildman–Crippen LogP) is 1.70. The monoisotopic (exact) mass is 273 g/mol. The lowest BCUT2D eigenvalue weighted by Crippen LogP contribution is -2.46. The van der Waals surface area contributed by atoms with Crippen LogP contribution in [0.4, 0.5) is 5.69 Å². The highest BCUT2D eigenvalue weighted by Gasteiger charge is 2.34. The minimum atomic E-state index is 0.115. The van der Waals surface area contributed by atoms with Crippen molar-refractivity contribution in [2.75, 3.05) is 31.5 Å². The van der Waals surface area contributed by atoms with E-state index in [0.717, 1.165) is 37.8 Å². The molecule has 108 valence electrons. The second-order valence-electron chi connectivity index (χ2n) is 5.83. The Bertz CT molecular complexity index is 448. The molecule has 0 saturated carbocycles. The number of hydrogen-bond donors (Lipinski definition) is 2. The van der Waals surface area contributed by atoms with Gasteiger partial charge >= 0.3 is 0 Å². The van der Waals surface area contributed by atoms with Crippen molar-refractivity contribution in [3.05, 3.63) is 30.3 Å². The van der Waals surface area contributed by atoms with E-state index in [1.807, 2.05) is 30.3 Å². The maximum absolute atomic E-state index is 12.0. The third kappa shape index (κ3) is 3.19. The summed E-state index contributed by atoms with van der Waals surface area (Å²) in [5.74, 6) is 0.908. The molecule has 2 aliphatic rings. The number of nitrogens with one attached hydrogen (secondary N) is 2. The molecule has 0 aromatic heterocycles. The molecule has 1 aromatic carbocycles. The summed E-state index contributed by atoms with van der Waals surface area (Å²) in [5, 5.41) is 6.44. The number of para-hydroxylation sites is 1. The van der Waals surface area contributed by atoms with Gasteiger partial charge in [0.1, 0.15) is 0 Å². The minimum Gasteiger partial charge on any atom is -0.326 e. The van der Waals surface area contributed by atoms with Crippen LogP contribution in [-0.2, 0) is 4.79 Å². The van der Waals surface area contributed by atoms with Crippen LogP contribution in [0, 0.1) is 5.92 Å². The minimum absolute atomic E-state index is 0.115.